The smallest absolute Gasteiger partial charge is 0.243 e. The monoisotopic (exact) mass is 457 g/mol. The molecule has 1 aliphatic heterocycles. The van der Waals surface area contributed by atoms with Crippen LogP contribution in [0.3, 0.4) is 0 Å². The molecular weight excluding hydrogens is 426 g/mol. The third-order valence-corrected chi connectivity index (χ3v) is 7.66. The van der Waals surface area contributed by atoms with Gasteiger partial charge in [-0.05, 0) is 55.5 Å². The number of hydrogen-bond donors (Lipinski definition) is 1. The number of carbonyl (C=O) groups is 2. The van der Waals surface area contributed by atoms with Crippen molar-refractivity contribution in [2.75, 3.05) is 18.5 Å². The van der Waals surface area contributed by atoms with E-state index in [1.54, 1.807) is 17.0 Å². The minimum Gasteiger partial charge on any atom is -0.352 e. The van der Waals surface area contributed by atoms with Gasteiger partial charge in [0, 0.05) is 31.7 Å². The fourth-order valence-corrected chi connectivity index (χ4v) is 5.36. The maximum Gasteiger partial charge on any atom is 0.243 e. The molecule has 0 fully saturated rings. The molecule has 1 heterocycles. The largest absolute Gasteiger partial charge is 0.352 e. The molecule has 1 aliphatic rings. The highest BCUT2D eigenvalue weighted by atomic mass is 32.2. The first-order valence-corrected chi connectivity index (χ1v) is 12.3. The number of benzene rings is 2. The molecule has 0 spiro atoms. The Labute approximate surface area is 190 Å². The van der Waals surface area contributed by atoms with Crippen molar-refractivity contribution in [3.63, 3.8) is 0 Å². The molecule has 0 unspecified atom stereocenters. The minimum atomic E-state index is -3.84. The van der Waals surface area contributed by atoms with E-state index in [4.69, 9.17) is 0 Å². The van der Waals surface area contributed by atoms with Gasteiger partial charge < -0.3 is 10.2 Å². The molecule has 2 amide bonds. The van der Waals surface area contributed by atoms with Crippen LogP contribution in [-0.2, 0) is 32.5 Å². The Kier molecular flexibility index (Phi) is 7.36. The lowest BCUT2D eigenvalue weighted by molar-refractivity contribution is -0.122. The Hall–Kier alpha value is -2.71. The van der Waals surface area contributed by atoms with E-state index < -0.39 is 10.0 Å². The summed E-state index contributed by atoms with van der Waals surface area (Å²) in [5.74, 6) is -0.405. The number of likely N-dealkylation sites (N-methyl/N-ethyl adjacent to an activating group) is 1. The van der Waals surface area contributed by atoms with Crippen LogP contribution in [0.15, 0.2) is 53.4 Å². The quantitative estimate of drug-likeness (QED) is 0.660. The van der Waals surface area contributed by atoms with E-state index in [1.165, 1.54) is 20.0 Å². The molecular formula is C24H31N3O4S. The first-order chi connectivity index (χ1) is 15.1. The molecule has 2 aromatic rings. The summed E-state index contributed by atoms with van der Waals surface area (Å²) >= 11 is 0. The Bertz CT molecular complexity index is 1090. The molecule has 0 aliphatic carbocycles. The second-order valence-corrected chi connectivity index (χ2v) is 10.4. The summed E-state index contributed by atoms with van der Waals surface area (Å²) < 4.78 is 27.2. The van der Waals surface area contributed by atoms with Gasteiger partial charge in [-0.3, -0.25) is 9.59 Å². The predicted molar refractivity (Wildman–Crippen MR) is 125 cm³/mol. The van der Waals surface area contributed by atoms with Gasteiger partial charge in [0.1, 0.15) is 0 Å². The van der Waals surface area contributed by atoms with E-state index in [2.05, 4.69) is 5.32 Å². The maximum atomic E-state index is 13.1. The van der Waals surface area contributed by atoms with Crippen LogP contribution >= 0.6 is 0 Å². The molecule has 3 rings (SSSR count). The molecule has 172 valence electrons. The number of rotatable bonds is 8. The van der Waals surface area contributed by atoms with Gasteiger partial charge in [0.2, 0.25) is 21.8 Å². The Balaban J connectivity index is 1.68. The number of amides is 2. The molecule has 0 radical (unpaired) electrons. The van der Waals surface area contributed by atoms with Crippen molar-refractivity contribution in [2.45, 2.75) is 57.0 Å². The zero-order valence-corrected chi connectivity index (χ0v) is 19.9. The molecule has 1 N–H and O–H groups in total. The van der Waals surface area contributed by atoms with E-state index in [1.807, 2.05) is 44.2 Å². The lowest BCUT2D eigenvalue weighted by Crippen LogP contribution is -2.43. The molecule has 7 nitrogen and oxygen atoms in total. The second-order valence-electron chi connectivity index (χ2n) is 8.36. The van der Waals surface area contributed by atoms with Crippen LogP contribution in [0.1, 0.15) is 38.3 Å². The highest BCUT2D eigenvalue weighted by molar-refractivity contribution is 7.89. The number of nitrogens with zero attached hydrogens (tertiary/aromatic N) is 2. The lowest BCUT2D eigenvalue weighted by Gasteiger charge is -2.22. The SMILES string of the molecule is CC[C@@H](Cc1ccccc1)NC(=O)CN(C)S(=O)(=O)c1ccc2c(c1)C[C@H](C)N2C(C)=O. The van der Waals surface area contributed by atoms with Crippen molar-refractivity contribution in [3.8, 4) is 0 Å². The van der Waals surface area contributed by atoms with Crippen molar-refractivity contribution in [2.24, 2.45) is 0 Å². The molecule has 2 atom stereocenters. The molecule has 0 bridgehead atoms. The van der Waals surface area contributed by atoms with Gasteiger partial charge in [-0.15, -0.1) is 0 Å². The number of anilines is 1. The van der Waals surface area contributed by atoms with Crippen LogP contribution in [0, 0.1) is 0 Å². The average Bonchev–Trinajstić information content (AvgIpc) is 3.08. The van der Waals surface area contributed by atoms with Crippen LogP contribution < -0.4 is 10.2 Å². The normalized spacial score (nSPS) is 16.7. The van der Waals surface area contributed by atoms with E-state index in [0.717, 1.165) is 27.5 Å². The number of hydrogen-bond acceptors (Lipinski definition) is 4. The Morgan fingerprint density at radius 3 is 2.50 bits per heavy atom. The minimum absolute atomic E-state index is 0.0143. The standard InChI is InChI=1S/C24H31N3O4S/c1-5-21(14-19-9-7-6-8-10-19)25-24(29)16-26(4)32(30,31)22-11-12-23-20(15-22)13-17(2)27(23)18(3)28/h6-12,15,17,21H,5,13-14,16H2,1-4H3,(H,25,29)/t17-,21-/m0/s1. The summed E-state index contributed by atoms with van der Waals surface area (Å²) in [5.41, 5.74) is 2.68. The van der Waals surface area contributed by atoms with Crippen LogP contribution in [0.2, 0.25) is 0 Å². The highest BCUT2D eigenvalue weighted by Crippen LogP contribution is 2.34. The summed E-state index contributed by atoms with van der Waals surface area (Å²) in [6.45, 7) is 5.17. The third kappa shape index (κ3) is 5.19. The molecule has 8 heteroatoms. The summed E-state index contributed by atoms with van der Waals surface area (Å²) in [7, 11) is -2.44. The third-order valence-electron chi connectivity index (χ3n) is 5.86. The van der Waals surface area contributed by atoms with Crippen molar-refractivity contribution in [1.82, 2.24) is 9.62 Å². The molecule has 0 saturated carbocycles. The molecule has 2 aromatic carbocycles. The summed E-state index contributed by atoms with van der Waals surface area (Å²) in [6.07, 6.45) is 2.03. The van der Waals surface area contributed by atoms with Gasteiger partial charge in [0.15, 0.2) is 0 Å². The lowest BCUT2D eigenvalue weighted by atomic mass is 10.0. The van der Waals surface area contributed by atoms with Crippen LogP contribution in [0.5, 0.6) is 0 Å². The van der Waals surface area contributed by atoms with Crippen molar-refractivity contribution < 1.29 is 18.0 Å². The van der Waals surface area contributed by atoms with Gasteiger partial charge in [-0.2, -0.15) is 4.31 Å². The van der Waals surface area contributed by atoms with Gasteiger partial charge in [-0.1, -0.05) is 37.3 Å². The number of nitrogens with one attached hydrogen (secondary N) is 1. The van der Waals surface area contributed by atoms with Crippen molar-refractivity contribution in [1.29, 1.82) is 0 Å². The summed E-state index contributed by atoms with van der Waals surface area (Å²) in [4.78, 5) is 26.3. The molecule has 0 saturated heterocycles. The van der Waals surface area contributed by atoms with E-state index in [9.17, 15) is 18.0 Å². The van der Waals surface area contributed by atoms with Crippen LogP contribution in [0.4, 0.5) is 5.69 Å². The predicted octanol–water partition coefficient (Wildman–Crippen LogP) is 2.74. The van der Waals surface area contributed by atoms with E-state index in [0.29, 0.717) is 12.8 Å². The van der Waals surface area contributed by atoms with Gasteiger partial charge in [0.05, 0.1) is 11.4 Å². The van der Waals surface area contributed by atoms with Gasteiger partial charge >= 0.3 is 0 Å². The first kappa shape index (κ1) is 23.9. The first-order valence-electron chi connectivity index (χ1n) is 10.9. The summed E-state index contributed by atoms with van der Waals surface area (Å²) in [5, 5.41) is 2.95. The van der Waals surface area contributed by atoms with Gasteiger partial charge in [-0.25, -0.2) is 8.42 Å². The topological polar surface area (TPSA) is 86.8 Å². The Morgan fingerprint density at radius 1 is 1.19 bits per heavy atom. The Morgan fingerprint density at radius 2 is 1.88 bits per heavy atom. The summed E-state index contributed by atoms with van der Waals surface area (Å²) in [6, 6.07) is 14.6. The van der Waals surface area contributed by atoms with Gasteiger partial charge in [0.25, 0.3) is 0 Å². The van der Waals surface area contributed by atoms with Crippen LogP contribution in [0.25, 0.3) is 0 Å². The fraction of sp³-hybridized carbons (Fsp3) is 0.417. The van der Waals surface area contributed by atoms with Crippen molar-refractivity contribution >= 4 is 27.5 Å². The van der Waals surface area contributed by atoms with Crippen LogP contribution in [-0.4, -0.2) is 50.2 Å². The zero-order valence-electron chi connectivity index (χ0n) is 19.0. The van der Waals surface area contributed by atoms with E-state index >= 15 is 0 Å². The highest BCUT2D eigenvalue weighted by Gasteiger charge is 2.31. The zero-order chi connectivity index (χ0) is 23.5. The molecule has 32 heavy (non-hydrogen) atoms. The number of sulfonamides is 1. The number of fused-ring (bicyclic) bond motifs is 1. The number of carbonyl (C=O) groups excluding carboxylic acids is 2. The molecule has 0 aromatic heterocycles. The fourth-order valence-electron chi connectivity index (χ4n) is 4.18. The second kappa shape index (κ2) is 9.83. The van der Waals surface area contributed by atoms with E-state index in [-0.39, 0.29) is 35.3 Å². The average molecular weight is 458 g/mol. The maximum absolute atomic E-state index is 13.1. The van der Waals surface area contributed by atoms with Crippen molar-refractivity contribution in [3.05, 3.63) is 59.7 Å².